The molecule has 1 N–H and O–H groups in total. The standard InChI is InChI=1S/C15H18F3NO/c1-10-4-3-5-11(2)12(10)8-13(20)14(15(16,17)18)6-7-19-9-14/h3-5,19H,6-9H2,1-2H3. The van der Waals surface area contributed by atoms with Gasteiger partial charge in [0.15, 0.2) is 5.78 Å². The van der Waals surface area contributed by atoms with Crippen LogP contribution < -0.4 is 5.32 Å². The maximum Gasteiger partial charge on any atom is 0.402 e. The number of aryl methyl sites for hydroxylation is 2. The van der Waals surface area contributed by atoms with Gasteiger partial charge in [-0.3, -0.25) is 4.79 Å². The second-order valence-corrected chi connectivity index (χ2v) is 5.48. The third kappa shape index (κ3) is 2.46. The Morgan fingerprint density at radius 1 is 1.30 bits per heavy atom. The maximum absolute atomic E-state index is 13.3. The Kier molecular flexibility index (Phi) is 3.91. The van der Waals surface area contributed by atoms with Gasteiger partial charge in [0.25, 0.3) is 0 Å². The summed E-state index contributed by atoms with van der Waals surface area (Å²) in [5.74, 6) is -0.729. The molecular formula is C15H18F3NO. The van der Waals surface area contributed by atoms with E-state index in [1.807, 2.05) is 32.0 Å². The van der Waals surface area contributed by atoms with E-state index in [4.69, 9.17) is 0 Å². The lowest BCUT2D eigenvalue weighted by Crippen LogP contribution is -2.47. The smallest absolute Gasteiger partial charge is 0.315 e. The molecule has 0 aliphatic carbocycles. The number of rotatable bonds is 3. The van der Waals surface area contributed by atoms with Crippen molar-refractivity contribution in [3.63, 3.8) is 0 Å². The number of carbonyl (C=O) groups is 1. The van der Waals surface area contributed by atoms with Crippen LogP contribution in [0.3, 0.4) is 0 Å². The van der Waals surface area contributed by atoms with Gasteiger partial charge in [0, 0.05) is 13.0 Å². The van der Waals surface area contributed by atoms with Crippen LogP contribution in [0.15, 0.2) is 18.2 Å². The van der Waals surface area contributed by atoms with Crippen LogP contribution in [0, 0.1) is 19.3 Å². The molecule has 5 heteroatoms. The average molecular weight is 285 g/mol. The lowest BCUT2D eigenvalue weighted by Gasteiger charge is -2.29. The molecule has 2 nitrogen and oxygen atoms in total. The van der Waals surface area contributed by atoms with Crippen molar-refractivity contribution in [1.29, 1.82) is 0 Å². The van der Waals surface area contributed by atoms with Gasteiger partial charge in [-0.2, -0.15) is 13.2 Å². The fourth-order valence-electron chi connectivity index (χ4n) is 2.79. The van der Waals surface area contributed by atoms with Crippen molar-refractivity contribution in [1.82, 2.24) is 5.32 Å². The average Bonchev–Trinajstić information content (AvgIpc) is 2.83. The fourth-order valence-corrected chi connectivity index (χ4v) is 2.79. The highest BCUT2D eigenvalue weighted by atomic mass is 19.4. The van der Waals surface area contributed by atoms with E-state index in [0.29, 0.717) is 5.56 Å². The summed E-state index contributed by atoms with van der Waals surface area (Å²) < 4.78 is 39.9. The van der Waals surface area contributed by atoms with E-state index in [0.717, 1.165) is 11.1 Å². The summed E-state index contributed by atoms with van der Waals surface area (Å²) >= 11 is 0. The molecule has 1 aliphatic heterocycles. The number of halogens is 3. The van der Waals surface area contributed by atoms with Gasteiger partial charge < -0.3 is 5.32 Å². The molecule has 1 fully saturated rings. The molecule has 110 valence electrons. The zero-order chi connectivity index (χ0) is 15.0. The molecule has 1 aromatic rings. The van der Waals surface area contributed by atoms with Crippen LogP contribution in [0.4, 0.5) is 13.2 Å². The van der Waals surface area contributed by atoms with Crippen LogP contribution in [0.1, 0.15) is 23.1 Å². The summed E-state index contributed by atoms with van der Waals surface area (Å²) in [6, 6.07) is 5.49. The zero-order valence-corrected chi connectivity index (χ0v) is 11.6. The summed E-state index contributed by atoms with van der Waals surface area (Å²) in [5.41, 5.74) is 0.220. The van der Waals surface area contributed by atoms with Crippen LogP contribution in [0.25, 0.3) is 0 Å². The summed E-state index contributed by atoms with van der Waals surface area (Å²) in [6.07, 6.45) is -4.82. The third-order valence-corrected chi connectivity index (χ3v) is 4.21. The number of alkyl halides is 3. The highest BCUT2D eigenvalue weighted by Crippen LogP contribution is 2.44. The molecule has 1 heterocycles. The molecule has 0 radical (unpaired) electrons. The number of benzene rings is 1. The SMILES string of the molecule is Cc1cccc(C)c1CC(=O)C1(C(F)(F)F)CCNC1. The molecule has 0 amide bonds. The largest absolute Gasteiger partial charge is 0.402 e. The van der Waals surface area contributed by atoms with E-state index >= 15 is 0 Å². The van der Waals surface area contributed by atoms with Crippen molar-refractivity contribution in [2.24, 2.45) is 5.41 Å². The number of nitrogens with one attached hydrogen (secondary N) is 1. The van der Waals surface area contributed by atoms with Gasteiger partial charge in [-0.15, -0.1) is 0 Å². The number of ketones is 1. The van der Waals surface area contributed by atoms with Gasteiger partial charge in [0.1, 0.15) is 5.41 Å². The van der Waals surface area contributed by atoms with Gasteiger partial charge in [-0.1, -0.05) is 18.2 Å². The predicted octanol–water partition coefficient (Wildman–Crippen LogP) is 2.96. The van der Waals surface area contributed by atoms with Gasteiger partial charge in [-0.05, 0) is 43.5 Å². The lowest BCUT2D eigenvalue weighted by atomic mass is 9.78. The normalized spacial score (nSPS) is 23.1. The molecule has 0 bridgehead atoms. The Hall–Kier alpha value is -1.36. The van der Waals surface area contributed by atoms with Crippen molar-refractivity contribution in [2.45, 2.75) is 32.9 Å². The van der Waals surface area contributed by atoms with E-state index < -0.39 is 17.4 Å². The molecule has 1 aliphatic rings. The Bertz CT molecular complexity index is 496. The van der Waals surface area contributed by atoms with Crippen molar-refractivity contribution in [3.8, 4) is 0 Å². The molecule has 1 saturated heterocycles. The van der Waals surface area contributed by atoms with Crippen molar-refractivity contribution in [3.05, 3.63) is 34.9 Å². The molecule has 20 heavy (non-hydrogen) atoms. The van der Waals surface area contributed by atoms with Crippen molar-refractivity contribution >= 4 is 5.78 Å². The van der Waals surface area contributed by atoms with Crippen molar-refractivity contribution < 1.29 is 18.0 Å². The summed E-state index contributed by atoms with van der Waals surface area (Å²) in [5, 5.41) is 2.67. The Morgan fingerprint density at radius 2 is 1.90 bits per heavy atom. The molecule has 0 spiro atoms. The van der Waals surface area contributed by atoms with Gasteiger partial charge in [0.2, 0.25) is 0 Å². The number of hydrogen-bond donors (Lipinski definition) is 1. The van der Waals surface area contributed by atoms with Crippen LogP contribution in [0.5, 0.6) is 0 Å². The third-order valence-electron chi connectivity index (χ3n) is 4.21. The van der Waals surface area contributed by atoms with E-state index in [-0.39, 0.29) is 25.9 Å². The minimum absolute atomic E-state index is 0.153. The van der Waals surface area contributed by atoms with E-state index in [9.17, 15) is 18.0 Å². The first-order chi connectivity index (χ1) is 9.28. The summed E-state index contributed by atoms with van der Waals surface area (Å²) in [4.78, 5) is 12.3. The number of Topliss-reactive ketones (excluding diaryl/α,β-unsaturated/α-hetero) is 1. The highest BCUT2D eigenvalue weighted by Gasteiger charge is 2.60. The first-order valence-electron chi connectivity index (χ1n) is 6.64. The Morgan fingerprint density at radius 3 is 2.35 bits per heavy atom. The lowest BCUT2D eigenvalue weighted by molar-refractivity contribution is -0.214. The minimum atomic E-state index is -4.50. The van der Waals surface area contributed by atoms with Crippen LogP contribution >= 0.6 is 0 Å². The Balaban J connectivity index is 2.31. The fraction of sp³-hybridized carbons (Fsp3) is 0.533. The first kappa shape index (κ1) is 15.0. The predicted molar refractivity (Wildman–Crippen MR) is 70.6 cm³/mol. The molecule has 1 unspecified atom stereocenters. The maximum atomic E-state index is 13.3. The zero-order valence-electron chi connectivity index (χ0n) is 11.6. The number of carbonyl (C=O) groups excluding carboxylic acids is 1. The first-order valence-corrected chi connectivity index (χ1v) is 6.64. The molecular weight excluding hydrogens is 267 g/mol. The quantitative estimate of drug-likeness (QED) is 0.925. The Labute approximate surface area is 116 Å². The molecule has 2 rings (SSSR count). The topological polar surface area (TPSA) is 29.1 Å². The molecule has 0 aromatic heterocycles. The van der Waals surface area contributed by atoms with Gasteiger partial charge >= 0.3 is 6.18 Å². The summed E-state index contributed by atoms with van der Waals surface area (Å²) in [6.45, 7) is 3.57. The van der Waals surface area contributed by atoms with E-state index in [1.165, 1.54) is 0 Å². The van der Waals surface area contributed by atoms with Gasteiger partial charge in [-0.25, -0.2) is 0 Å². The number of hydrogen-bond acceptors (Lipinski definition) is 2. The monoisotopic (exact) mass is 285 g/mol. The van der Waals surface area contributed by atoms with E-state index in [2.05, 4.69) is 5.32 Å². The van der Waals surface area contributed by atoms with Gasteiger partial charge in [0.05, 0.1) is 0 Å². The van der Waals surface area contributed by atoms with Crippen LogP contribution in [0.2, 0.25) is 0 Å². The van der Waals surface area contributed by atoms with Crippen molar-refractivity contribution in [2.75, 3.05) is 13.1 Å². The second-order valence-electron chi connectivity index (χ2n) is 5.48. The summed E-state index contributed by atoms with van der Waals surface area (Å²) in [7, 11) is 0. The van der Waals surface area contributed by atoms with Crippen LogP contribution in [-0.4, -0.2) is 25.0 Å². The van der Waals surface area contributed by atoms with E-state index in [1.54, 1.807) is 0 Å². The molecule has 1 aromatic carbocycles. The molecule has 1 atom stereocenters. The minimum Gasteiger partial charge on any atom is -0.315 e. The molecule has 0 saturated carbocycles. The highest BCUT2D eigenvalue weighted by molar-refractivity contribution is 5.88. The second kappa shape index (κ2) is 5.20. The van der Waals surface area contributed by atoms with Crippen LogP contribution in [-0.2, 0) is 11.2 Å².